The number of benzene rings is 1. The molecule has 8 heteroatoms. The maximum absolute atomic E-state index is 11.0. The van der Waals surface area contributed by atoms with E-state index in [2.05, 4.69) is 21.1 Å². The molecule has 5 rings (SSSR count). The Hall–Kier alpha value is -2.87. The van der Waals surface area contributed by atoms with Crippen molar-refractivity contribution in [3.63, 3.8) is 0 Å². The van der Waals surface area contributed by atoms with Crippen LogP contribution in [0, 0.1) is 19.3 Å². The molecule has 0 unspecified atom stereocenters. The third-order valence-corrected chi connectivity index (χ3v) is 5.99. The Labute approximate surface area is 189 Å². The normalized spacial score (nSPS) is 18.2. The SMILES string of the molecule is CC.Cc1noc(C)c1-c1ccc(NC2CC3(COC3)C2)c(NC=O)c1.O=C1CCCN1. The number of nitrogens with zero attached hydrogens (tertiary/aromatic N) is 1. The van der Waals surface area contributed by atoms with Gasteiger partial charge in [-0.25, -0.2) is 0 Å². The number of aromatic nitrogens is 1. The smallest absolute Gasteiger partial charge is 0.220 e. The van der Waals surface area contributed by atoms with Crippen molar-refractivity contribution < 1.29 is 18.8 Å². The van der Waals surface area contributed by atoms with Crippen molar-refractivity contribution in [3.05, 3.63) is 29.7 Å². The zero-order valence-electron chi connectivity index (χ0n) is 19.4. The highest BCUT2D eigenvalue weighted by Gasteiger charge is 2.49. The van der Waals surface area contributed by atoms with Crippen molar-refractivity contribution >= 4 is 23.7 Å². The standard InChI is InChI=1S/C18H21N3O3.C4H7NO.C2H6/c1-11-17(12(2)24-21-11)13-3-4-15(16(5-13)19-10-22)20-14-6-18(7-14)8-23-9-18;6-4-2-1-3-5-4;1-2/h3-5,10,14,20H,6-9H2,1-2H3,(H,19,22);1-3H2,(H,5,6);1-2H3. The van der Waals surface area contributed by atoms with Crippen LogP contribution in [0.3, 0.4) is 0 Å². The van der Waals surface area contributed by atoms with Crippen molar-refractivity contribution in [2.24, 2.45) is 5.41 Å². The molecule has 32 heavy (non-hydrogen) atoms. The summed E-state index contributed by atoms with van der Waals surface area (Å²) in [6.45, 7) is 10.5. The number of hydrogen-bond donors (Lipinski definition) is 3. The Morgan fingerprint density at radius 1 is 1.19 bits per heavy atom. The van der Waals surface area contributed by atoms with Gasteiger partial charge in [0.25, 0.3) is 0 Å². The summed E-state index contributed by atoms with van der Waals surface area (Å²) in [7, 11) is 0. The Morgan fingerprint density at radius 2 is 1.94 bits per heavy atom. The van der Waals surface area contributed by atoms with Gasteiger partial charge in [0.1, 0.15) is 5.76 Å². The lowest BCUT2D eigenvalue weighted by Crippen LogP contribution is -2.56. The first-order valence-corrected chi connectivity index (χ1v) is 11.4. The largest absolute Gasteiger partial charge is 0.381 e. The summed E-state index contributed by atoms with van der Waals surface area (Å²) >= 11 is 0. The van der Waals surface area contributed by atoms with Crippen LogP contribution < -0.4 is 16.0 Å². The third-order valence-electron chi connectivity index (χ3n) is 5.99. The predicted octanol–water partition coefficient (Wildman–Crippen LogP) is 4.04. The minimum Gasteiger partial charge on any atom is -0.381 e. The fraction of sp³-hybridized carbons (Fsp3) is 0.542. The van der Waals surface area contributed by atoms with Crippen LogP contribution in [0.15, 0.2) is 22.7 Å². The number of hydrogen-bond acceptors (Lipinski definition) is 6. The zero-order valence-corrected chi connectivity index (χ0v) is 19.4. The molecule has 174 valence electrons. The van der Waals surface area contributed by atoms with Crippen molar-refractivity contribution in [1.29, 1.82) is 0 Å². The highest BCUT2D eigenvalue weighted by Crippen LogP contribution is 2.48. The average molecular weight is 443 g/mol. The molecule has 1 aromatic carbocycles. The second-order valence-electron chi connectivity index (χ2n) is 8.42. The number of carbonyl (C=O) groups excluding carboxylic acids is 2. The van der Waals surface area contributed by atoms with Crippen molar-refractivity contribution in [1.82, 2.24) is 10.5 Å². The monoisotopic (exact) mass is 442 g/mol. The van der Waals surface area contributed by atoms with E-state index in [4.69, 9.17) is 9.26 Å². The molecule has 1 saturated carbocycles. The molecule has 2 aliphatic heterocycles. The lowest BCUT2D eigenvalue weighted by molar-refractivity contribution is -0.159. The van der Waals surface area contributed by atoms with Crippen LogP contribution in [0.1, 0.15) is 51.0 Å². The number of carbonyl (C=O) groups is 2. The van der Waals surface area contributed by atoms with E-state index >= 15 is 0 Å². The molecular formula is C24H34N4O4. The highest BCUT2D eigenvalue weighted by atomic mass is 16.5. The third kappa shape index (κ3) is 5.30. The quantitative estimate of drug-likeness (QED) is 0.604. The first-order valence-electron chi connectivity index (χ1n) is 11.4. The predicted molar refractivity (Wildman–Crippen MR) is 125 cm³/mol. The first kappa shape index (κ1) is 23.8. The van der Waals surface area contributed by atoms with Crippen LogP contribution in [0.4, 0.5) is 11.4 Å². The molecule has 1 spiro atoms. The van der Waals surface area contributed by atoms with Gasteiger partial charge in [-0.1, -0.05) is 25.1 Å². The van der Waals surface area contributed by atoms with E-state index in [-0.39, 0.29) is 5.91 Å². The Bertz CT molecular complexity index is 901. The molecule has 8 nitrogen and oxygen atoms in total. The fourth-order valence-electron chi connectivity index (χ4n) is 4.40. The second-order valence-corrected chi connectivity index (χ2v) is 8.42. The van der Waals surface area contributed by atoms with Gasteiger partial charge in [-0.2, -0.15) is 0 Å². The van der Waals surface area contributed by atoms with E-state index in [1.165, 1.54) is 0 Å². The van der Waals surface area contributed by atoms with Crippen LogP contribution in [-0.4, -0.2) is 43.3 Å². The van der Waals surface area contributed by atoms with Gasteiger partial charge >= 0.3 is 0 Å². The average Bonchev–Trinajstić information content (AvgIpc) is 3.34. The molecule has 1 aromatic heterocycles. The fourth-order valence-corrected chi connectivity index (χ4v) is 4.40. The van der Waals surface area contributed by atoms with E-state index in [0.29, 0.717) is 17.9 Å². The number of aryl methyl sites for hydroxylation is 2. The second kappa shape index (κ2) is 10.6. The molecule has 0 radical (unpaired) electrons. The van der Waals surface area contributed by atoms with E-state index in [0.717, 1.165) is 79.4 Å². The summed E-state index contributed by atoms with van der Waals surface area (Å²) in [6.07, 6.45) is 4.72. The van der Waals surface area contributed by atoms with Crippen molar-refractivity contribution in [2.75, 3.05) is 30.4 Å². The maximum atomic E-state index is 11.0. The van der Waals surface area contributed by atoms with Crippen LogP contribution in [0.25, 0.3) is 11.1 Å². The number of nitrogens with one attached hydrogen (secondary N) is 3. The minimum atomic E-state index is 0.204. The van der Waals surface area contributed by atoms with Gasteiger partial charge in [-0.15, -0.1) is 0 Å². The number of amides is 2. The van der Waals surface area contributed by atoms with E-state index in [1.54, 1.807) is 0 Å². The lowest BCUT2D eigenvalue weighted by atomic mass is 9.64. The van der Waals surface area contributed by atoms with E-state index in [9.17, 15) is 9.59 Å². The van der Waals surface area contributed by atoms with Gasteiger partial charge in [0.15, 0.2) is 0 Å². The summed E-state index contributed by atoms with van der Waals surface area (Å²) in [4.78, 5) is 21.1. The Balaban J connectivity index is 0.000000309. The molecule has 0 atom stereocenters. The summed E-state index contributed by atoms with van der Waals surface area (Å²) < 4.78 is 10.6. The van der Waals surface area contributed by atoms with Crippen LogP contribution in [0.2, 0.25) is 0 Å². The lowest BCUT2D eigenvalue weighted by Gasteiger charge is -2.53. The molecule has 2 saturated heterocycles. The Kier molecular flexibility index (Phi) is 7.90. The van der Waals surface area contributed by atoms with Gasteiger partial charge < -0.3 is 25.2 Å². The maximum Gasteiger partial charge on any atom is 0.220 e. The van der Waals surface area contributed by atoms with Gasteiger partial charge in [0.05, 0.1) is 30.3 Å². The molecule has 3 fully saturated rings. The zero-order chi connectivity index (χ0) is 23.1. The van der Waals surface area contributed by atoms with Gasteiger partial charge in [0, 0.05) is 30.0 Å². The van der Waals surface area contributed by atoms with Crippen molar-refractivity contribution in [2.45, 2.75) is 59.4 Å². The molecule has 0 bridgehead atoms. The van der Waals surface area contributed by atoms with Crippen LogP contribution in [0.5, 0.6) is 0 Å². The van der Waals surface area contributed by atoms with Crippen LogP contribution >= 0.6 is 0 Å². The summed E-state index contributed by atoms with van der Waals surface area (Å²) in [6, 6.07) is 6.44. The summed E-state index contributed by atoms with van der Waals surface area (Å²) in [5, 5.41) is 13.0. The Morgan fingerprint density at radius 3 is 2.41 bits per heavy atom. The first-order chi connectivity index (χ1) is 15.5. The number of ether oxygens (including phenoxy) is 1. The van der Waals surface area contributed by atoms with Gasteiger partial charge in [0.2, 0.25) is 12.3 Å². The van der Waals surface area contributed by atoms with E-state index in [1.807, 2.05) is 45.9 Å². The molecule has 2 amide bonds. The number of rotatable bonds is 5. The molecule has 3 aliphatic rings. The molecule has 2 aromatic rings. The molecule has 3 heterocycles. The summed E-state index contributed by atoms with van der Waals surface area (Å²) in [5.74, 6) is 0.978. The highest BCUT2D eigenvalue weighted by molar-refractivity contribution is 5.85. The molecule has 3 N–H and O–H groups in total. The number of anilines is 2. The van der Waals surface area contributed by atoms with Crippen LogP contribution in [-0.2, 0) is 14.3 Å². The van der Waals surface area contributed by atoms with Gasteiger partial charge in [-0.05, 0) is 50.8 Å². The van der Waals surface area contributed by atoms with Gasteiger partial charge in [-0.3, -0.25) is 9.59 Å². The topological polar surface area (TPSA) is 105 Å². The van der Waals surface area contributed by atoms with E-state index < -0.39 is 0 Å². The molecular weight excluding hydrogens is 408 g/mol. The molecule has 1 aliphatic carbocycles. The van der Waals surface area contributed by atoms with Crippen molar-refractivity contribution in [3.8, 4) is 11.1 Å². The minimum absolute atomic E-state index is 0.204. The summed E-state index contributed by atoms with van der Waals surface area (Å²) in [5.41, 5.74) is 4.93.